The summed E-state index contributed by atoms with van der Waals surface area (Å²) in [5.74, 6) is -2.77. The van der Waals surface area contributed by atoms with Gasteiger partial charge >= 0.3 is 0 Å². The van der Waals surface area contributed by atoms with Gasteiger partial charge in [-0.1, -0.05) is 11.6 Å². The Kier molecular flexibility index (Phi) is 5.60. The molecule has 3 N–H and O–H groups in total. The van der Waals surface area contributed by atoms with E-state index in [1.165, 1.54) is 18.2 Å². The molecule has 1 aromatic carbocycles. The monoisotopic (exact) mass is 354 g/mol. The normalized spacial score (nSPS) is 12.1. The minimum Gasteiger partial charge on any atom is -0.397 e. The molecule has 0 aliphatic heterocycles. The lowest BCUT2D eigenvalue weighted by molar-refractivity contribution is -0.113. The van der Waals surface area contributed by atoms with Crippen LogP contribution in [0.25, 0.3) is 0 Å². The highest BCUT2D eigenvalue weighted by atomic mass is 35.5. The number of nitrogen functional groups attached to an aromatic ring is 1. The quantitative estimate of drug-likeness (QED) is 0.709. The van der Waals surface area contributed by atoms with Crippen LogP contribution in [0.4, 0.5) is 11.4 Å². The average Bonchev–Trinajstić information content (AvgIpc) is 2.30. The Hall–Kier alpha value is -1.32. The number of nitrogens with two attached hydrogens (primary N) is 1. The van der Waals surface area contributed by atoms with E-state index in [0.29, 0.717) is 5.02 Å². The van der Waals surface area contributed by atoms with Gasteiger partial charge in [-0.3, -0.25) is 4.79 Å². The van der Waals surface area contributed by atoms with Crippen molar-refractivity contribution in [3.05, 3.63) is 23.2 Å². The minimum absolute atomic E-state index is 0.200. The fourth-order valence-corrected chi connectivity index (χ4v) is 4.39. The van der Waals surface area contributed by atoms with Gasteiger partial charge in [0.2, 0.25) is 5.91 Å². The zero-order chi connectivity index (χ0) is 16.3. The topological polar surface area (TPSA) is 123 Å². The van der Waals surface area contributed by atoms with Gasteiger partial charge in [-0.05, 0) is 18.2 Å². The number of hydrogen-bond donors (Lipinski definition) is 2. The molecule has 0 spiro atoms. The molecule has 1 rings (SSSR count). The van der Waals surface area contributed by atoms with Gasteiger partial charge in [0.05, 0.1) is 22.9 Å². The van der Waals surface area contributed by atoms with Crippen LogP contribution in [0.3, 0.4) is 0 Å². The summed E-state index contributed by atoms with van der Waals surface area (Å²) >= 11 is 5.74. The zero-order valence-electron chi connectivity index (χ0n) is 11.2. The number of hydrogen-bond acceptors (Lipinski definition) is 6. The first-order valence-corrected chi connectivity index (χ1v) is 9.97. The van der Waals surface area contributed by atoms with E-state index in [9.17, 15) is 21.6 Å². The van der Waals surface area contributed by atoms with Gasteiger partial charge in [0.25, 0.3) is 0 Å². The van der Waals surface area contributed by atoms with Gasteiger partial charge in [-0.15, -0.1) is 0 Å². The van der Waals surface area contributed by atoms with Gasteiger partial charge in [-0.2, -0.15) is 0 Å². The van der Waals surface area contributed by atoms with Crippen molar-refractivity contribution < 1.29 is 21.6 Å². The summed E-state index contributed by atoms with van der Waals surface area (Å²) in [6, 6.07) is 4.38. The number of anilines is 2. The molecule has 0 unspecified atom stereocenters. The molecule has 118 valence electrons. The Bertz CT molecular complexity index is 744. The van der Waals surface area contributed by atoms with Gasteiger partial charge < -0.3 is 11.1 Å². The van der Waals surface area contributed by atoms with Crippen LogP contribution >= 0.6 is 11.6 Å². The fraction of sp³-hybridized carbons (Fsp3) is 0.364. The van der Waals surface area contributed by atoms with Gasteiger partial charge in [-0.25, -0.2) is 16.8 Å². The summed E-state index contributed by atoms with van der Waals surface area (Å²) < 4.78 is 45.2. The molecule has 0 radical (unpaired) electrons. The van der Waals surface area contributed by atoms with Crippen LogP contribution in [0.15, 0.2) is 18.2 Å². The maximum atomic E-state index is 11.7. The smallest absolute Gasteiger partial charge is 0.239 e. The number of halogens is 1. The van der Waals surface area contributed by atoms with Crippen LogP contribution < -0.4 is 11.1 Å². The molecule has 0 saturated carbocycles. The third kappa shape index (κ3) is 6.78. The number of benzene rings is 1. The van der Waals surface area contributed by atoms with Crippen LogP contribution in [0.1, 0.15) is 0 Å². The van der Waals surface area contributed by atoms with Crippen molar-refractivity contribution in [1.82, 2.24) is 0 Å². The summed E-state index contributed by atoms with van der Waals surface area (Å²) in [5.41, 5.74) is 6.05. The molecule has 0 aliphatic rings. The largest absolute Gasteiger partial charge is 0.397 e. The van der Waals surface area contributed by atoms with E-state index in [1.807, 2.05) is 0 Å². The first-order chi connectivity index (χ1) is 9.48. The number of rotatable bonds is 6. The molecule has 0 bridgehead atoms. The van der Waals surface area contributed by atoms with E-state index in [1.54, 1.807) is 0 Å². The van der Waals surface area contributed by atoms with Crippen LogP contribution in [-0.4, -0.2) is 46.3 Å². The Morgan fingerprint density at radius 2 is 1.86 bits per heavy atom. The summed E-state index contributed by atoms with van der Waals surface area (Å²) in [5, 5.41) is 2.66. The number of carbonyl (C=O) groups is 1. The molecule has 1 amide bonds. The first kappa shape index (κ1) is 17.7. The highest BCUT2D eigenvalue weighted by Gasteiger charge is 2.19. The maximum Gasteiger partial charge on any atom is 0.239 e. The Morgan fingerprint density at radius 3 is 2.43 bits per heavy atom. The van der Waals surface area contributed by atoms with Gasteiger partial charge in [0, 0.05) is 11.3 Å². The second-order valence-electron chi connectivity index (χ2n) is 4.50. The first-order valence-electron chi connectivity index (χ1n) is 5.71. The molecule has 1 aromatic rings. The molecule has 21 heavy (non-hydrogen) atoms. The molecule has 10 heteroatoms. The lowest BCUT2D eigenvalue weighted by atomic mass is 10.2. The third-order valence-corrected chi connectivity index (χ3v) is 5.37. The molecule has 0 heterocycles. The van der Waals surface area contributed by atoms with Crippen molar-refractivity contribution >= 4 is 48.6 Å². The fourth-order valence-electron chi connectivity index (χ4n) is 1.37. The summed E-state index contributed by atoms with van der Waals surface area (Å²) in [6.07, 6.45) is 0.926. The standard InChI is InChI=1S/C11H15ClN2O5S2/c1-20(16,17)4-5-21(18,19)7-11(15)14-10-6-8(12)2-3-9(10)13/h2-3,6H,4-5,7,13H2,1H3,(H,14,15). The molecular weight excluding hydrogens is 340 g/mol. The van der Waals surface area contributed by atoms with Crippen molar-refractivity contribution in [2.24, 2.45) is 0 Å². The third-order valence-electron chi connectivity index (χ3n) is 2.41. The van der Waals surface area contributed by atoms with E-state index in [0.717, 1.165) is 6.26 Å². The van der Waals surface area contributed by atoms with Crippen LogP contribution in [-0.2, 0) is 24.5 Å². The maximum absolute atomic E-state index is 11.7. The summed E-state index contributed by atoms with van der Waals surface area (Å²) in [4.78, 5) is 11.7. The Balaban J connectivity index is 2.71. The summed E-state index contributed by atoms with van der Waals surface area (Å²) in [7, 11) is -7.23. The highest BCUT2D eigenvalue weighted by Crippen LogP contribution is 2.22. The molecule has 0 aromatic heterocycles. The number of sulfone groups is 2. The number of carbonyl (C=O) groups excluding carboxylic acids is 1. The highest BCUT2D eigenvalue weighted by molar-refractivity contribution is 7.95. The minimum atomic E-state index is -3.82. The van der Waals surface area contributed by atoms with Crippen LogP contribution in [0, 0.1) is 0 Å². The second kappa shape index (κ2) is 6.63. The van der Waals surface area contributed by atoms with E-state index < -0.39 is 42.8 Å². The lowest BCUT2D eigenvalue weighted by Crippen LogP contribution is -2.27. The van der Waals surface area contributed by atoms with Crippen molar-refractivity contribution in [3.8, 4) is 0 Å². The zero-order valence-corrected chi connectivity index (χ0v) is 13.6. The second-order valence-corrected chi connectivity index (χ2v) is 9.38. The Morgan fingerprint density at radius 1 is 1.24 bits per heavy atom. The predicted molar refractivity (Wildman–Crippen MR) is 82.9 cm³/mol. The van der Waals surface area contributed by atoms with Gasteiger partial charge in [0.15, 0.2) is 9.84 Å². The van der Waals surface area contributed by atoms with Gasteiger partial charge in [0.1, 0.15) is 15.6 Å². The molecule has 0 fully saturated rings. The summed E-state index contributed by atoms with van der Waals surface area (Å²) in [6.45, 7) is 0. The van der Waals surface area contributed by atoms with Crippen molar-refractivity contribution in [2.45, 2.75) is 0 Å². The molecule has 0 atom stereocenters. The molecule has 0 aliphatic carbocycles. The predicted octanol–water partition coefficient (Wildman–Crippen LogP) is 0.320. The Labute approximate surface area is 128 Å². The number of nitrogens with one attached hydrogen (secondary N) is 1. The lowest BCUT2D eigenvalue weighted by Gasteiger charge is -2.09. The van der Waals surface area contributed by atoms with Crippen molar-refractivity contribution in [3.63, 3.8) is 0 Å². The molecular formula is C11H15ClN2O5S2. The van der Waals surface area contributed by atoms with Crippen LogP contribution in [0.2, 0.25) is 5.02 Å². The van der Waals surface area contributed by atoms with Crippen molar-refractivity contribution in [1.29, 1.82) is 0 Å². The van der Waals surface area contributed by atoms with E-state index in [2.05, 4.69) is 5.32 Å². The molecule has 0 saturated heterocycles. The number of amides is 1. The van der Waals surface area contributed by atoms with E-state index in [-0.39, 0.29) is 11.4 Å². The SMILES string of the molecule is CS(=O)(=O)CCS(=O)(=O)CC(=O)Nc1cc(Cl)ccc1N. The van der Waals surface area contributed by atoms with E-state index >= 15 is 0 Å². The van der Waals surface area contributed by atoms with Crippen LogP contribution in [0.5, 0.6) is 0 Å². The average molecular weight is 355 g/mol. The van der Waals surface area contributed by atoms with E-state index in [4.69, 9.17) is 17.3 Å². The molecule has 7 nitrogen and oxygen atoms in total. The van der Waals surface area contributed by atoms with Crippen molar-refractivity contribution in [2.75, 3.05) is 34.6 Å².